The highest BCUT2D eigenvalue weighted by molar-refractivity contribution is 7.85. The lowest BCUT2D eigenvalue weighted by Gasteiger charge is -2.15. The van der Waals surface area contributed by atoms with E-state index in [0.717, 1.165) is 21.6 Å². The zero-order valence-corrected chi connectivity index (χ0v) is 13.2. The van der Waals surface area contributed by atoms with Gasteiger partial charge < -0.3 is 5.73 Å². The van der Waals surface area contributed by atoms with Gasteiger partial charge in [0.25, 0.3) is 0 Å². The molecule has 0 aliphatic heterocycles. The average Bonchev–Trinajstić information content (AvgIpc) is 2.41. The Hall–Kier alpha value is -1.16. The van der Waals surface area contributed by atoms with Gasteiger partial charge in [-0.25, -0.2) is 0 Å². The summed E-state index contributed by atoms with van der Waals surface area (Å²) < 4.78 is 12.3. The van der Waals surface area contributed by atoms with E-state index in [2.05, 4.69) is 12.1 Å². The van der Waals surface area contributed by atoms with E-state index < -0.39 is 10.8 Å². The maximum absolute atomic E-state index is 12.3. The molecule has 2 aromatic carbocycles. The van der Waals surface area contributed by atoms with Gasteiger partial charge >= 0.3 is 0 Å². The molecule has 2 rings (SSSR count). The number of rotatable bonds is 4. The second-order valence-electron chi connectivity index (χ2n) is 4.94. The van der Waals surface area contributed by atoms with Crippen LogP contribution in [0.3, 0.4) is 0 Å². The largest absolute Gasteiger partial charge is 0.323 e. The van der Waals surface area contributed by atoms with Crippen LogP contribution >= 0.6 is 11.6 Å². The molecule has 0 aliphatic rings. The van der Waals surface area contributed by atoms with E-state index in [1.807, 2.05) is 26.0 Å². The van der Waals surface area contributed by atoms with Gasteiger partial charge in [-0.05, 0) is 43.2 Å². The lowest BCUT2D eigenvalue weighted by molar-refractivity contribution is 0.675. The molecule has 2 aromatic rings. The van der Waals surface area contributed by atoms with Crippen molar-refractivity contribution in [2.24, 2.45) is 5.73 Å². The molecule has 4 heteroatoms. The van der Waals surface area contributed by atoms with Crippen LogP contribution < -0.4 is 5.73 Å². The van der Waals surface area contributed by atoms with Crippen LogP contribution in [0.15, 0.2) is 47.4 Å². The first-order chi connectivity index (χ1) is 9.47. The number of hydrogen-bond acceptors (Lipinski definition) is 2. The van der Waals surface area contributed by atoms with E-state index in [9.17, 15) is 4.21 Å². The highest BCUT2D eigenvalue weighted by Crippen LogP contribution is 2.21. The highest BCUT2D eigenvalue weighted by atomic mass is 35.5. The third kappa shape index (κ3) is 3.69. The first kappa shape index (κ1) is 15.2. The molecule has 0 aromatic heterocycles. The smallest absolute Gasteiger partial charge is 0.0549 e. The Bertz CT molecular complexity index is 642. The molecule has 2 nitrogen and oxygen atoms in total. The maximum atomic E-state index is 12.3. The first-order valence-electron chi connectivity index (χ1n) is 6.44. The van der Waals surface area contributed by atoms with Crippen LogP contribution in [-0.4, -0.2) is 9.96 Å². The van der Waals surface area contributed by atoms with Gasteiger partial charge in [0.15, 0.2) is 0 Å². The van der Waals surface area contributed by atoms with Gasteiger partial charge in [0.05, 0.1) is 10.8 Å². The Balaban J connectivity index is 2.17. The molecular formula is C16H18ClNOS. The van der Waals surface area contributed by atoms with Crippen LogP contribution in [0.1, 0.15) is 22.7 Å². The van der Waals surface area contributed by atoms with Gasteiger partial charge in [-0.1, -0.05) is 41.4 Å². The van der Waals surface area contributed by atoms with E-state index in [1.54, 1.807) is 18.2 Å². The van der Waals surface area contributed by atoms with Crippen LogP contribution in [-0.2, 0) is 10.8 Å². The molecule has 0 saturated carbocycles. The van der Waals surface area contributed by atoms with E-state index >= 15 is 0 Å². The molecule has 2 atom stereocenters. The van der Waals surface area contributed by atoms with Crippen molar-refractivity contribution in [1.82, 2.24) is 0 Å². The highest BCUT2D eigenvalue weighted by Gasteiger charge is 2.14. The summed E-state index contributed by atoms with van der Waals surface area (Å²) in [4.78, 5) is 0.721. The third-order valence-electron chi connectivity index (χ3n) is 3.22. The normalized spacial score (nSPS) is 14.0. The van der Waals surface area contributed by atoms with Crippen molar-refractivity contribution in [3.63, 3.8) is 0 Å². The summed E-state index contributed by atoms with van der Waals surface area (Å²) in [5.41, 5.74) is 9.56. The van der Waals surface area contributed by atoms with Crippen molar-refractivity contribution in [3.05, 3.63) is 64.2 Å². The number of aryl methyl sites for hydroxylation is 2. The molecule has 0 fully saturated rings. The van der Waals surface area contributed by atoms with Gasteiger partial charge in [-0.3, -0.25) is 4.21 Å². The molecule has 106 valence electrons. The van der Waals surface area contributed by atoms with Crippen molar-refractivity contribution in [2.45, 2.75) is 24.8 Å². The predicted octanol–water partition coefficient (Wildman–Crippen LogP) is 3.76. The summed E-state index contributed by atoms with van der Waals surface area (Å²) in [6.07, 6.45) is 0. The second kappa shape index (κ2) is 6.53. The summed E-state index contributed by atoms with van der Waals surface area (Å²) in [6.45, 7) is 4.06. The van der Waals surface area contributed by atoms with E-state index in [4.69, 9.17) is 17.3 Å². The second-order valence-corrected chi connectivity index (χ2v) is 6.87. The van der Waals surface area contributed by atoms with E-state index in [1.165, 1.54) is 0 Å². The predicted molar refractivity (Wildman–Crippen MR) is 85.6 cm³/mol. The molecule has 2 unspecified atom stereocenters. The fourth-order valence-electron chi connectivity index (χ4n) is 2.12. The van der Waals surface area contributed by atoms with Crippen molar-refractivity contribution >= 4 is 22.4 Å². The summed E-state index contributed by atoms with van der Waals surface area (Å²) in [5.74, 6) is 0.393. The minimum absolute atomic E-state index is 0.241. The molecule has 0 saturated heterocycles. The van der Waals surface area contributed by atoms with Crippen LogP contribution in [0, 0.1) is 13.8 Å². The average molecular weight is 308 g/mol. The van der Waals surface area contributed by atoms with E-state index in [0.29, 0.717) is 10.8 Å². The minimum Gasteiger partial charge on any atom is -0.323 e. The van der Waals surface area contributed by atoms with Crippen molar-refractivity contribution < 1.29 is 4.21 Å². The molecule has 0 radical (unpaired) electrons. The SMILES string of the molecule is Cc1ccc(C)c(C(N)CS(=O)c2cccc(Cl)c2)c1. The van der Waals surface area contributed by atoms with Crippen LogP contribution in [0.4, 0.5) is 0 Å². The van der Waals surface area contributed by atoms with Gasteiger partial charge in [-0.2, -0.15) is 0 Å². The monoisotopic (exact) mass is 307 g/mol. The zero-order chi connectivity index (χ0) is 14.7. The summed E-state index contributed by atoms with van der Waals surface area (Å²) in [6, 6.07) is 13.0. The summed E-state index contributed by atoms with van der Waals surface area (Å²) in [5, 5.41) is 0.594. The number of halogens is 1. The Morgan fingerprint density at radius 3 is 2.65 bits per heavy atom. The summed E-state index contributed by atoms with van der Waals surface area (Å²) >= 11 is 5.92. The fourth-order valence-corrected chi connectivity index (χ4v) is 3.56. The van der Waals surface area contributed by atoms with Crippen LogP contribution in [0.25, 0.3) is 0 Å². The number of hydrogen-bond donors (Lipinski definition) is 1. The Labute approximate surface area is 127 Å². The Kier molecular flexibility index (Phi) is 4.97. The molecule has 20 heavy (non-hydrogen) atoms. The van der Waals surface area contributed by atoms with Crippen LogP contribution in [0.2, 0.25) is 5.02 Å². The quantitative estimate of drug-likeness (QED) is 0.934. The molecular weight excluding hydrogens is 290 g/mol. The van der Waals surface area contributed by atoms with Gasteiger partial charge in [-0.15, -0.1) is 0 Å². The number of benzene rings is 2. The van der Waals surface area contributed by atoms with Gasteiger partial charge in [0.1, 0.15) is 0 Å². The van der Waals surface area contributed by atoms with Crippen molar-refractivity contribution in [2.75, 3.05) is 5.75 Å². The summed E-state index contributed by atoms with van der Waals surface area (Å²) in [7, 11) is -1.15. The topological polar surface area (TPSA) is 43.1 Å². The van der Waals surface area contributed by atoms with Crippen molar-refractivity contribution in [3.8, 4) is 0 Å². The Morgan fingerprint density at radius 2 is 1.95 bits per heavy atom. The third-order valence-corrected chi connectivity index (χ3v) is 4.90. The molecule has 0 bridgehead atoms. The zero-order valence-electron chi connectivity index (χ0n) is 11.6. The lowest BCUT2D eigenvalue weighted by Crippen LogP contribution is -2.19. The van der Waals surface area contributed by atoms with E-state index in [-0.39, 0.29) is 6.04 Å². The molecule has 2 N–H and O–H groups in total. The Morgan fingerprint density at radius 1 is 1.20 bits per heavy atom. The van der Waals surface area contributed by atoms with Gasteiger partial charge in [0.2, 0.25) is 0 Å². The maximum Gasteiger partial charge on any atom is 0.0549 e. The van der Waals surface area contributed by atoms with Crippen molar-refractivity contribution in [1.29, 1.82) is 0 Å². The van der Waals surface area contributed by atoms with Gasteiger partial charge in [0, 0.05) is 21.7 Å². The molecule has 0 spiro atoms. The number of nitrogens with two attached hydrogens (primary N) is 1. The molecule has 0 amide bonds. The minimum atomic E-state index is -1.15. The van der Waals surface area contributed by atoms with Crippen LogP contribution in [0.5, 0.6) is 0 Å². The molecule has 0 heterocycles. The fraction of sp³-hybridized carbons (Fsp3) is 0.250. The molecule has 0 aliphatic carbocycles. The standard InChI is InChI=1S/C16H18ClNOS/c1-11-6-7-12(2)15(8-11)16(18)10-20(19)14-5-3-4-13(17)9-14/h3-9,16H,10,18H2,1-2H3. The lowest BCUT2D eigenvalue weighted by atomic mass is 10.0. The first-order valence-corrected chi connectivity index (χ1v) is 8.14.